The van der Waals surface area contributed by atoms with Gasteiger partial charge in [0.05, 0.1) is 24.4 Å². The fourth-order valence-corrected chi connectivity index (χ4v) is 3.23. The summed E-state index contributed by atoms with van der Waals surface area (Å²) in [7, 11) is 0. The van der Waals surface area contributed by atoms with Gasteiger partial charge < -0.3 is 19.9 Å². The van der Waals surface area contributed by atoms with Gasteiger partial charge >= 0.3 is 0 Å². The lowest BCUT2D eigenvalue weighted by atomic mass is 9.95. The maximum atomic E-state index is 10.8. The topological polar surface area (TPSA) is 68.5 Å². The zero-order chi connectivity index (χ0) is 15.1. The summed E-state index contributed by atoms with van der Waals surface area (Å²) in [4.78, 5) is 0. The second-order valence-corrected chi connectivity index (χ2v) is 6.56. The number of nitrogens with zero attached hydrogens (tertiary/aromatic N) is 2. The fourth-order valence-electron chi connectivity index (χ4n) is 3.23. The van der Waals surface area contributed by atoms with Crippen LogP contribution in [-0.4, -0.2) is 52.6 Å². The molecule has 0 radical (unpaired) electrons. The van der Waals surface area contributed by atoms with E-state index in [4.69, 9.17) is 9.47 Å². The van der Waals surface area contributed by atoms with Gasteiger partial charge in [-0.05, 0) is 32.4 Å². The number of aryl methyl sites for hydroxylation is 2. The van der Waals surface area contributed by atoms with Crippen molar-refractivity contribution in [2.24, 2.45) is 5.92 Å². The number of hydrogen-bond donors (Lipinski definition) is 2. The van der Waals surface area contributed by atoms with Crippen LogP contribution >= 0.6 is 0 Å². The van der Waals surface area contributed by atoms with E-state index in [0.717, 1.165) is 17.9 Å². The van der Waals surface area contributed by atoms with Crippen LogP contribution < -0.4 is 5.32 Å². The molecule has 0 unspecified atom stereocenters. The van der Waals surface area contributed by atoms with Gasteiger partial charge in [-0.3, -0.25) is 4.68 Å². The highest BCUT2D eigenvalue weighted by Gasteiger charge is 2.51. The second-order valence-electron chi connectivity index (χ2n) is 6.56. The van der Waals surface area contributed by atoms with E-state index in [1.165, 1.54) is 0 Å². The van der Waals surface area contributed by atoms with Gasteiger partial charge in [0.25, 0.3) is 0 Å². The molecule has 0 aromatic carbocycles. The Bertz CT molecular complexity index is 502. The number of nitrogens with one attached hydrogen (secondary N) is 1. The van der Waals surface area contributed by atoms with Crippen molar-refractivity contribution in [2.75, 3.05) is 13.2 Å². The van der Waals surface area contributed by atoms with E-state index >= 15 is 0 Å². The highest BCUT2D eigenvalue weighted by Crippen LogP contribution is 2.36. The Labute approximate surface area is 125 Å². The van der Waals surface area contributed by atoms with Crippen LogP contribution in [0.25, 0.3) is 0 Å². The van der Waals surface area contributed by atoms with Gasteiger partial charge in [-0.2, -0.15) is 5.10 Å². The summed E-state index contributed by atoms with van der Waals surface area (Å²) in [5, 5.41) is 18.8. The first-order chi connectivity index (χ1) is 9.97. The normalized spacial score (nSPS) is 35.6. The molecule has 0 saturated carbocycles. The van der Waals surface area contributed by atoms with Crippen LogP contribution in [0.2, 0.25) is 0 Å². The monoisotopic (exact) mass is 295 g/mol. The summed E-state index contributed by atoms with van der Waals surface area (Å²) in [6.07, 6.45) is -1.08. The molecule has 2 N–H and O–H groups in total. The molecule has 2 bridgehead atoms. The minimum Gasteiger partial charge on any atom is -0.389 e. The van der Waals surface area contributed by atoms with Crippen molar-refractivity contribution in [1.29, 1.82) is 0 Å². The van der Waals surface area contributed by atoms with Crippen LogP contribution in [0, 0.1) is 19.8 Å². The van der Waals surface area contributed by atoms with E-state index in [9.17, 15) is 5.11 Å². The molecule has 2 saturated heterocycles. The van der Waals surface area contributed by atoms with E-state index in [1.54, 1.807) is 0 Å². The molecule has 0 spiro atoms. The van der Waals surface area contributed by atoms with Crippen molar-refractivity contribution in [2.45, 2.75) is 58.3 Å². The first kappa shape index (κ1) is 15.0. The minimum atomic E-state index is -0.576. The predicted octanol–water partition coefficient (Wildman–Crippen LogP) is 0.771. The summed E-state index contributed by atoms with van der Waals surface area (Å²) >= 11 is 0. The highest BCUT2D eigenvalue weighted by atomic mass is 16.7. The van der Waals surface area contributed by atoms with Crippen LogP contribution in [0.1, 0.15) is 31.3 Å². The largest absolute Gasteiger partial charge is 0.389 e. The van der Waals surface area contributed by atoms with Crippen molar-refractivity contribution in [3.8, 4) is 0 Å². The quantitative estimate of drug-likeness (QED) is 0.859. The lowest BCUT2D eigenvalue weighted by molar-refractivity contribution is -0.168. The van der Waals surface area contributed by atoms with E-state index < -0.39 is 12.4 Å². The van der Waals surface area contributed by atoms with E-state index in [1.807, 2.05) is 24.6 Å². The maximum absolute atomic E-state index is 10.8. The van der Waals surface area contributed by atoms with Gasteiger partial charge in [-0.1, -0.05) is 13.8 Å². The number of aromatic nitrogens is 2. The molecular weight excluding hydrogens is 270 g/mol. The molecule has 0 aliphatic carbocycles. The zero-order valence-corrected chi connectivity index (χ0v) is 13.1. The average molecular weight is 295 g/mol. The molecule has 3 rings (SSSR count). The third-order valence-corrected chi connectivity index (χ3v) is 4.22. The van der Waals surface area contributed by atoms with Gasteiger partial charge in [-0.25, -0.2) is 0 Å². The molecule has 2 aliphatic rings. The lowest BCUT2D eigenvalue weighted by Gasteiger charge is -2.39. The summed E-state index contributed by atoms with van der Waals surface area (Å²) in [6.45, 7) is 9.60. The van der Waals surface area contributed by atoms with Crippen LogP contribution in [0.15, 0.2) is 6.07 Å². The molecular formula is C15H25N3O3. The van der Waals surface area contributed by atoms with Crippen molar-refractivity contribution in [3.63, 3.8) is 0 Å². The zero-order valence-electron chi connectivity index (χ0n) is 13.1. The van der Waals surface area contributed by atoms with Crippen LogP contribution in [0.3, 0.4) is 0 Å². The summed E-state index contributed by atoms with van der Waals surface area (Å²) in [6, 6.07) is 1.58. The Morgan fingerprint density at radius 3 is 2.86 bits per heavy atom. The number of aliphatic hydroxyl groups is 1. The highest BCUT2D eigenvalue weighted by molar-refractivity contribution is 5.10. The van der Waals surface area contributed by atoms with Gasteiger partial charge in [0, 0.05) is 5.69 Å². The van der Waals surface area contributed by atoms with Crippen LogP contribution in [0.5, 0.6) is 0 Å². The van der Waals surface area contributed by atoms with Gasteiger partial charge in [0.1, 0.15) is 12.1 Å². The Kier molecular flexibility index (Phi) is 4.05. The van der Waals surface area contributed by atoms with Gasteiger partial charge in [-0.15, -0.1) is 0 Å². The molecule has 6 heteroatoms. The maximum Gasteiger partial charge on any atom is 0.183 e. The third kappa shape index (κ3) is 2.73. The molecule has 21 heavy (non-hydrogen) atoms. The molecule has 118 valence electrons. The molecule has 0 amide bonds. The Morgan fingerprint density at radius 1 is 1.48 bits per heavy atom. The number of ether oxygens (including phenoxy) is 2. The Balaban J connectivity index is 1.84. The second kappa shape index (κ2) is 5.68. The number of aliphatic hydroxyl groups excluding tert-OH is 1. The van der Waals surface area contributed by atoms with Gasteiger partial charge in [0.2, 0.25) is 0 Å². The van der Waals surface area contributed by atoms with Crippen molar-refractivity contribution in [3.05, 3.63) is 17.5 Å². The average Bonchev–Trinajstić information content (AvgIpc) is 2.95. The molecule has 2 fully saturated rings. The first-order valence-electron chi connectivity index (χ1n) is 7.68. The van der Waals surface area contributed by atoms with E-state index in [0.29, 0.717) is 12.5 Å². The van der Waals surface area contributed by atoms with Gasteiger partial charge in [0.15, 0.2) is 6.29 Å². The van der Waals surface area contributed by atoms with Crippen molar-refractivity contribution >= 4 is 0 Å². The summed E-state index contributed by atoms with van der Waals surface area (Å²) in [5.74, 6) is 0.518. The Morgan fingerprint density at radius 2 is 2.24 bits per heavy atom. The molecule has 1 aromatic rings. The van der Waals surface area contributed by atoms with Crippen LogP contribution in [0.4, 0.5) is 0 Å². The molecule has 5 atom stereocenters. The Hall–Kier alpha value is -0.950. The lowest BCUT2D eigenvalue weighted by Crippen LogP contribution is -2.58. The summed E-state index contributed by atoms with van der Waals surface area (Å²) < 4.78 is 13.5. The SMILES string of the molecule is Cc1cc(C)n([C@H]2[C@@H]3OC[C@@H](O3)[C@@H](NCC(C)C)[C@@H]2O)n1. The third-order valence-electron chi connectivity index (χ3n) is 4.22. The molecule has 2 aliphatic heterocycles. The van der Waals surface area contributed by atoms with Crippen molar-refractivity contribution < 1.29 is 14.6 Å². The minimum absolute atomic E-state index is 0.0861. The molecule has 1 aromatic heterocycles. The molecule has 6 nitrogen and oxygen atoms in total. The fraction of sp³-hybridized carbons (Fsp3) is 0.800. The van der Waals surface area contributed by atoms with Crippen molar-refractivity contribution in [1.82, 2.24) is 15.1 Å². The number of rotatable bonds is 4. The van der Waals surface area contributed by atoms with E-state index in [2.05, 4.69) is 24.3 Å². The summed E-state index contributed by atoms with van der Waals surface area (Å²) in [5.41, 5.74) is 1.95. The predicted molar refractivity (Wildman–Crippen MR) is 78.0 cm³/mol. The smallest absolute Gasteiger partial charge is 0.183 e. The van der Waals surface area contributed by atoms with E-state index in [-0.39, 0.29) is 18.2 Å². The molecule has 3 heterocycles. The van der Waals surface area contributed by atoms with Crippen LogP contribution in [-0.2, 0) is 9.47 Å². The number of fused-ring (bicyclic) bond motifs is 2. The first-order valence-corrected chi connectivity index (χ1v) is 7.68. The standard InChI is InChI=1S/C15H25N3O3/c1-8(2)6-16-12-11-7-20-15(21-11)13(14(12)19)18-10(4)5-9(3)17-18/h5,8,11-16,19H,6-7H2,1-4H3/t11-,12-,13-,14+,15-/m1/s1. The number of hydrogen-bond acceptors (Lipinski definition) is 5.